The summed E-state index contributed by atoms with van der Waals surface area (Å²) in [6.45, 7) is 5.89. The molecule has 0 saturated carbocycles. The molecule has 0 radical (unpaired) electrons. The second kappa shape index (κ2) is 17.8. The fourth-order valence-corrected chi connectivity index (χ4v) is 8.43. The van der Waals surface area contributed by atoms with Gasteiger partial charge >= 0.3 is 0 Å². The summed E-state index contributed by atoms with van der Waals surface area (Å²) >= 11 is 7.46. The number of nitrogens with one attached hydrogen (secondary N) is 3. The molecule has 3 N–H and O–H groups in total. The van der Waals surface area contributed by atoms with Crippen LogP contribution >= 0.6 is 22.9 Å². The molecular formula is C41H42ClN9O7S. The average molecular weight is 840 g/mol. The highest BCUT2D eigenvalue weighted by atomic mass is 35.5. The first kappa shape index (κ1) is 41.1. The van der Waals surface area contributed by atoms with Crippen molar-refractivity contribution in [3.63, 3.8) is 0 Å². The van der Waals surface area contributed by atoms with Gasteiger partial charge in [0.2, 0.25) is 17.7 Å². The Bertz CT molecular complexity index is 2340. The van der Waals surface area contributed by atoms with Crippen molar-refractivity contribution >= 4 is 86.6 Å². The van der Waals surface area contributed by atoms with E-state index in [1.54, 1.807) is 25.1 Å². The van der Waals surface area contributed by atoms with Crippen LogP contribution in [0.3, 0.4) is 0 Å². The van der Waals surface area contributed by atoms with Crippen molar-refractivity contribution in [1.82, 2.24) is 30.1 Å². The SMILES string of the molecule is Cc1nc(Nc2ncc(C(=O)Nc3c(C)cccc3Cl)s2)cc(N2CCN(C(=O)CCCCCC(=O)Cc3cccc4c3C(=O)N(C3CCC(=O)NC3=O)C4=O)CC2)n1. The molecule has 0 aliphatic carbocycles. The van der Waals surface area contributed by atoms with Crippen molar-refractivity contribution in [2.45, 2.75) is 71.3 Å². The number of hydrogen-bond acceptors (Lipinski definition) is 13. The third-order valence-corrected chi connectivity index (χ3v) is 11.7. The van der Waals surface area contributed by atoms with Crippen LogP contribution in [0.25, 0.3) is 0 Å². The highest BCUT2D eigenvalue weighted by molar-refractivity contribution is 7.17. The molecule has 3 aliphatic rings. The second-order valence-corrected chi connectivity index (χ2v) is 16.1. The number of benzene rings is 2. The van der Waals surface area contributed by atoms with Crippen molar-refractivity contribution in [2.75, 3.05) is 41.7 Å². The van der Waals surface area contributed by atoms with Gasteiger partial charge in [0.1, 0.15) is 34.2 Å². The van der Waals surface area contributed by atoms with Crippen LogP contribution in [0.15, 0.2) is 48.7 Å². The van der Waals surface area contributed by atoms with E-state index in [0.29, 0.717) is 95.6 Å². The zero-order valence-electron chi connectivity index (χ0n) is 32.5. The number of nitrogens with zero attached hydrogens (tertiary/aromatic N) is 6. The molecule has 0 bridgehead atoms. The van der Waals surface area contributed by atoms with Crippen LogP contribution in [-0.2, 0) is 25.6 Å². The van der Waals surface area contributed by atoms with Crippen LogP contribution in [0.2, 0.25) is 5.02 Å². The number of fused-ring (bicyclic) bond motifs is 1. The van der Waals surface area contributed by atoms with Crippen LogP contribution in [0.4, 0.5) is 22.5 Å². The summed E-state index contributed by atoms with van der Waals surface area (Å²) in [7, 11) is 0. The zero-order valence-corrected chi connectivity index (χ0v) is 34.1. The first-order valence-corrected chi connectivity index (χ1v) is 20.6. The number of rotatable bonds is 14. The number of piperazine rings is 1. The fourth-order valence-electron chi connectivity index (χ4n) is 7.44. The van der Waals surface area contributed by atoms with E-state index < -0.39 is 29.7 Å². The Labute approximate surface area is 348 Å². The highest BCUT2D eigenvalue weighted by Crippen LogP contribution is 2.31. The van der Waals surface area contributed by atoms with Gasteiger partial charge in [0.15, 0.2) is 5.13 Å². The number of imide groups is 2. The molecule has 2 aromatic heterocycles. The predicted octanol–water partition coefficient (Wildman–Crippen LogP) is 5.01. The number of carbonyl (C=O) groups excluding carboxylic acids is 7. The van der Waals surface area contributed by atoms with Gasteiger partial charge in [0.05, 0.1) is 28.0 Å². The monoisotopic (exact) mass is 839 g/mol. The van der Waals surface area contributed by atoms with E-state index in [0.717, 1.165) is 10.5 Å². The highest BCUT2D eigenvalue weighted by Gasteiger charge is 2.45. The number of halogens is 1. The minimum atomic E-state index is -1.07. The number of thiazole rings is 1. The molecule has 6 amide bonds. The molecule has 2 fully saturated rings. The Morgan fingerprint density at radius 2 is 1.69 bits per heavy atom. The predicted molar refractivity (Wildman–Crippen MR) is 220 cm³/mol. The molecule has 1 atom stereocenters. The van der Waals surface area contributed by atoms with Crippen molar-refractivity contribution in [1.29, 1.82) is 0 Å². The standard InChI is InChI=1S/C41H42ClN9O7S/c1-23-8-6-12-28(42)36(23)48-38(56)30-22-43-41(59-30)46-31-21-32(45-24(2)44-31)49-16-18-50(19-17-49)34(54)13-5-3-4-10-26(52)20-25-9-7-11-27-35(25)40(58)51(39(27)57)29-14-15-33(53)47-37(29)55/h6-9,11-12,21-22,29H,3-5,10,13-20H2,1-2H3,(H,48,56)(H,47,53,55)(H,43,44,45,46). The van der Waals surface area contributed by atoms with Crippen LogP contribution in [-0.4, -0.2) is 98.2 Å². The van der Waals surface area contributed by atoms with E-state index in [-0.39, 0.29) is 54.4 Å². The third-order valence-electron chi connectivity index (χ3n) is 10.5. The molecule has 18 heteroatoms. The maximum absolute atomic E-state index is 13.3. The van der Waals surface area contributed by atoms with Crippen molar-refractivity contribution in [2.24, 2.45) is 0 Å². The molecule has 7 rings (SSSR count). The maximum atomic E-state index is 13.3. The Hall–Kier alpha value is -6.07. The van der Waals surface area contributed by atoms with Gasteiger partial charge in [-0.1, -0.05) is 53.6 Å². The average Bonchev–Trinajstić information content (AvgIpc) is 3.77. The fraction of sp³-hybridized carbons (Fsp3) is 0.366. The summed E-state index contributed by atoms with van der Waals surface area (Å²) in [5.41, 5.74) is 2.11. The normalized spacial score (nSPS) is 16.6. The Morgan fingerprint density at radius 1 is 0.932 bits per heavy atom. The quantitative estimate of drug-likeness (QED) is 0.113. The van der Waals surface area contributed by atoms with Gasteiger partial charge in [-0.3, -0.25) is 43.8 Å². The van der Waals surface area contributed by atoms with Crippen molar-refractivity contribution < 1.29 is 33.6 Å². The van der Waals surface area contributed by atoms with E-state index >= 15 is 0 Å². The summed E-state index contributed by atoms with van der Waals surface area (Å²) in [5.74, 6) is -0.948. The minimum absolute atomic E-state index is 0.0236. The first-order valence-electron chi connectivity index (χ1n) is 19.4. The third kappa shape index (κ3) is 9.31. The Morgan fingerprint density at radius 3 is 2.46 bits per heavy atom. The van der Waals surface area contributed by atoms with Crippen LogP contribution in [0.5, 0.6) is 0 Å². The number of ketones is 1. The minimum Gasteiger partial charge on any atom is -0.353 e. The number of Topliss-reactive ketones (excluding diaryl/α,β-unsaturated/α-hetero) is 1. The number of aryl methyl sites for hydroxylation is 2. The number of anilines is 4. The molecule has 16 nitrogen and oxygen atoms in total. The van der Waals surface area contributed by atoms with Gasteiger partial charge in [-0.05, 0) is 56.4 Å². The molecule has 4 aromatic rings. The molecule has 306 valence electrons. The van der Waals surface area contributed by atoms with Crippen LogP contribution < -0.4 is 20.9 Å². The Kier molecular flexibility index (Phi) is 12.4. The smallest absolute Gasteiger partial charge is 0.267 e. The summed E-state index contributed by atoms with van der Waals surface area (Å²) < 4.78 is 0. The zero-order chi connectivity index (χ0) is 41.8. The lowest BCUT2D eigenvalue weighted by Gasteiger charge is -2.35. The van der Waals surface area contributed by atoms with E-state index in [1.165, 1.54) is 23.6 Å². The Balaban J connectivity index is 0.836. The lowest BCUT2D eigenvalue weighted by atomic mass is 9.96. The number of piperidine rings is 1. The van der Waals surface area contributed by atoms with Gasteiger partial charge in [-0.25, -0.2) is 15.0 Å². The lowest BCUT2D eigenvalue weighted by Crippen LogP contribution is -2.54. The molecule has 5 heterocycles. The van der Waals surface area contributed by atoms with Gasteiger partial charge in [0.25, 0.3) is 17.7 Å². The summed E-state index contributed by atoms with van der Waals surface area (Å²) in [6, 6.07) is 10.9. The summed E-state index contributed by atoms with van der Waals surface area (Å²) in [6.07, 6.45) is 4.03. The number of aromatic nitrogens is 3. The molecular weight excluding hydrogens is 798 g/mol. The lowest BCUT2D eigenvalue weighted by molar-refractivity contribution is -0.136. The van der Waals surface area contributed by atoms with E-state index in [4.69, 9.17) is 11.6 Å². The first-order chi connectivity index (χ1) is 28.4. The molecule has 2 aromatic carbocycles. The molecule has 1 unspecified atom stereocenters. The maximum Gasteiger partial charge on any atom is 0.267 e. The molecule has 0 spiro atoms. The largest absolute Gasteiger partial charge is 0.353 e. The number of unbranched alkanes of at least 4 members (excludes halogenated alkanes) is 2. The van der Waals surface area contributed by atoms with Gasteiger partial charge in [-0.15, -0.1) is 0 Å². The topological polar surface area (TPSA) is 204 Å². The van der Waals surface area contributed by atoms with Gasteiger partial charge < -0.3 is 20.4 Å². The molecule has 59 heavy (non-hydrogen) atoms. The van der Waals surface area contributed by atoms with Gasteiger partial charge in [-0.2, -0.15) is 0 Å². The number of hydrogen-bond donors (Lipinski definition) is 3. The van der Waals surface area contributed by atoms with Crippen LogP contribution in [0, 0.1) is 13.8 Å². The summed E-state index contributed by atoms with van der Waals surface area (Å²) in [4.78, 5) is 108. The number of amides is 6. The van der Waals surface area contributed by atoms with E-state index in [1.807, 2.05) is 30.0 Å². The number of carbonyl (C=O) groups is 7. The summed E-state index contributed by atoms with van der Waals surface area (Å²) in [5, 5.41) is 9.17. The number of para-hydroxylation sites is 1. The molecule has 3 aliphatic heterocycles. The van der Waals surface area contributed by atoms with E-state index in [2.05, 4.69) is 35.8 Å². The van der Waals surface area contributed by atoms with Crippen molar-refractivity contribution in [3.05, 3.63) is 86.6 Å². The molecule has 2 saturated heterocycles. The second-order valence-electron chi connectivity index (χ2n) is 14.6. The van der Waals surface area contributed by atoms with Crippen molar-refractivity contribution in [3.8, 4) is 0 Å². The van der Waals surface area contributed by atoms with Crippen LogP contribution in [0.1, 0.15) is 92.3 Å². The van der Waals surface area contributed by atoms with Gasteiger partial charge in [0, 0.05) is 57.9 Å². The van der Waals surface area contributed by atoms with E-state index in [9.17, 15) is 33.6 Å².